The fourth-order valence-electron chi connectivity index (χ4n) is 5.97. The molecule has 1 aliphatic heterocycles. The van der Waals surface area contributed by atoms with Gasteiger partial charge in [-0.25, -0.2) is 4.79 Å². The highest BCUT2D eigenvalue weighted by molar-refractivity contribution is 6.02. The van der Waals surface area contributed by atoms with Gasteiger partial charge in [0.25, 0.3) is 0 Å². The maximum absolute atomic E-state index is 12.5. The zero-order valence-corrected chi connectivity index (χ0v) is 26.5. The Bertz CT molecular complexity index is 1160. The van der Waals surface area contributed by atoms with E-state index < -0.39 is 6.10 Å². The van der Waals surface area contributed by atoms with Crippen LogP contribution in [-0.2, 0) is 17.7 Å². The number of aromatic hydroxyl groups is 1. The van der Waals surface area contributed by atoms with Crippen LogP contribution in [0.25, 0.3) is 0 Å². The number of carbonyl (C=O) groups is 1. The molecule has 0 spiro atoms. The number of oxime groups is 1. The van der Waals surface area contributed by atoms with Crippen LogP contribution >= 0.6 is 0 Å². The number of likely N-dealkylation sites (tertiary alicyclic amines) is 1. The first-order chi connectivity index (χ1) is 21.5. The molecule has 2 aromatic carbocycles. The number of phenolic OH excluding ortho intramolecular Hbond substituents is 1. The summed E-state index contributed by atoms with van der Waals surface area (Å²) in [6, 6.07) is 14.5. The Labute approximate surface area is 263 Å². The second-order valence-electron chi connectivity index (χ2n) is 12.2. The maximum Gasteiger partial charge on any atom is 0.317 e. The molecule has 1 saturated heterocycles. The van der Waals surface area contributed by atoms with Crippen molar-refractivity contribution in [2.45, 2.75) is 96.1 Å². The number of hydrogen-bond donors (Lipinski definition) is 5. The number of fused-ring (bicyclic) bond motifs is 1. The summed E-state index contributed by atoms with van der Waals surface area (Å²) in [5, 5.41) is 34.7. The summed E-state index contributed by atoms with van der Waals surface area (Å²) >= 11 is 0. The summed E-state index contributed by atoms with van der Waals surface area (Å²) < 4.78 is 0. The van der Waals surface area contributed by atoms with Crippen LogP contribution in [0.15, 0.2) is 47.6 Å². The highest BCUT2D eigenvalue weighted by atomic mass is 16.6. The second-order valence-corrected chi connectivity index (χ2v) is 12.2. The number of hydrogen-bond acceptors (Lipinski definition) is 7. The molecule has 0 bridgehead atoms. The van der Waals surface area contributed by atoms with Crippen LogP contribution < -0.4 is 16.0 Å². The van der Waals surface area contributed by atoms with E-state index in [1.54, 1.807) is 6.07 Å². The largest absolute Gasteiger partial charge is 0.508 e. The van der Waals surface area contributed by atoms with Gasteiger partial charge in [0.1, 0.15) is 18.5 Å². The van der Waals surface area contributed by atoms with E-state index in [1.165, 1.54) is 37.7 Å². The van der Waals surface area contributed by atoms with E-state index >= 15 is 0 Å². The highest BCUT2D eigenvalue weighted by Gasteiger charge is 2.22. The van der Waals surface area contributed by atoms with Crippen LogP contribution in [0, 0.1) is 0 Å². The molecule has 1 heterocycles. The number of aliphatic hydroxyl groups is 1. The van der Waals surface area contributed by atoms with Crippen molar-refractivity contribution in [3.05, 3.63) is 59.2 Å². The minimum Gasteiger partial charge on any atom is -0.508 e. The van der Waals surface area contributed by atoms with Gasteiger partial charge in [-0.3, -0.25) is 0 Å². The number of amides is 2. The van der Waals surface area contributed by atoms with E-state index in [0.717, 1.165) is 93.7 Å². The van der Waals surface area contributed by atoms with Crippen molar-refractivity contribution in [2.24, 2.45) is 5.16 Å². The Balaban J connectivity index is 1.05. The predicted molar refractivity (Wildman–Crippen MR) is 178 cm³/mol. The molecule has 1 aliphatic carbocycles. The summed E-state index contributed by atoms with van der Waals surface area (Å²) in [6.45, 7) is 5.88. The summed E-state index contributed by atoms with van der Waals surface area (Å²) in [5.74, 6) is 0.307. The van der Waals surface area contributed by atoms with Gasteiger partial charge >= 0.3 is 6.03 Å². The van der Waals surface area contributed by atoms with Gasteiger partial charge in [-0.05, 0) is 75.3 Å². The third-order valence-electron chi connectivity index (χ3n) is 8.63. The zero-order chi connectivity index (χ0) is 31.0. The van der Waals surface area contributed by atoms with Crippen molar-refractivity contribution in [1.82, 2.24) is 15.5 Å². The summed E-state index contributed by atoms with van der Waals surface area (Å²) in [5.41, 5.74) is 5.03. The van der Waals surface area contributed by atoms with E-state index in [1.807, 2.05) is 17.0 Å². The molecule has 2 aliphatic rings. The van der Waals surface area contributed by atoms with Crippen LogP contribution in [0.1, 0.15) is 87.8 Å². The van der Waals surface area contributed by atoms with Gasteiger partial charge in [-0.2, -0.15) is 0 Å². The molecule has 4 rings (SSSR count). The molecular formula is C35H53N5O4. The zero-order valence-electron chi connectivity index (χ0n) is 26.5. The number of nitrogens with one attached hydrogen (secondary N) is 3. The number of urea groups is 1. The van der Waals surface area contributed by atoms with Crippen molar-refractivity contribution < 1.29 is 19.8 Å². The van der Waals surface area contributed by atoms with Gasteiger partial charge in [0.15, 0.2) is 0 Å². The molecule has 0 aromatic heterocycles. The van der Waals surface area contributed by atoms with Crippen molar-refractivity contribution in [3.8, 4) is 5.75 Å². The van der Waals surface area contributed by atoms with Crippen LogP contribution in [0.3, 0.4) is 0 Å². The molecule has 1 atom stereocenters. The molecule has 5 N–H and O–H groups in total. The molecule has 9 nitrogen and oxygen atoms in total. The molecule has 2 amide bonds. The molecule has 44 heavy (non-hydrogen) atoms. The van der Waals surface area contributed by atoms with Crippen LogP contribution in [-0.4, -0.2) is 78.3 Å². The lowest BCUT2D eigenvalue weighted by molar-refractivity contribution is 0.0402. The molecule has 0 radical (unpaired) electrons. The first kappa shape index (κ1) is 33.6. The average Bonchev–Trinajstić information content (AvgIpc) is 3.04. The average molecular weight is 608 g/mol. The molecule has 242 valence electrons. The summed E-state index contributed by atoms with van der Waals surface area (Å²) in [4.78, 5) is 19.9. The SMILES string of the molecule is CCCCCCCCNC(=O)N1CCC(Nc2ccc(CCNC[C@H](O)CON=C3CCCc4c(O)cccc43)cc2)CC1. The van der Waals surface area contributed by atoms with E-state index in [-0.39, 0.29) is 12.6 Å². The van der Waals surface area contributed by atoms with E-state index in [2.05, 4.69) is 52.3 Å². The smallest absolute Gasteiger partial charge is 0.317 e. The standard InChI is InChI=1S/C35H53N5O4/c1-2-3-4-5-6-7-21-37-35(43)40-23-19-29(20-24-40)38-28-16-14-27(15-17-28)18-22-36-25-30(41)26-44-39-33-12-8-11-32-31(33)10-9-13-34(32)42/h9-10,13-17,29-30,36,38,41-42H,2-8,11-12,18-26H2,1H3,(H,37,43)/t30-/m0/s1. The Hall–Kier alpha value is -3.30. The van der Waals surface area contributed by atoms with Crippen molar-refractivity contribution in [1.29, 1.82) is 0 Å². The van der Waals surface area contributed by atoms with Crippen LogP contribution in [0.5, 0.6) is 5.75 Å². The first-order valence-corrected chi connectivity index (χ1v) is 16.8. The lowest BCUT2D eigenvalue weighted by atomic mass is 9.89. The topological polar surface area (TPSA) is 118 Å². The lowest BCUT2D eigenvalue weighted by Crippen LogP contribution is -2.47. The molecule has 2 aromatic rings. The van der Waals surface area contributed by atoms with Crippen molar-refractivity contribution in [2.75, 3.05) is 44.6 Å². The Morgan fingerprint density at radius 1 is 1.02 bits per heavy atom. The quantitative estimate of drug-likeness (QED) is 0.118. The third-order valence-corrected chi connectivity index (χ3v) is 8.63. The molecule has 0 saturated carbocycles. The number of phenols is 1. The van der Waals surface area contributed by atoms with Gasteiger partial charge in [-0.15, -0.1) is 0 Å². The van der Waals surface area contributed by atoms with Gasteiger partial charge in [0, 0.05) is 49.0 Å². The number of carbonyl (C=O) groups excluding carboxylic acids is 1. The lowest BCUT2D eigenvalue weighted by Gasteiger charge is -2.33. The Morgan fingerprint density at radius 2 is 1.80 bits per heavy atom. The summed E-state index contributed by atoms with van der Waals surface area (Å²) in [7, 11) is 0. The predicted octanol–water partition coefficient (Wildman–Crippen LogP) is 5.59. The van der Waals surface area contributed by atoms with Gasteiger partial charge < -0.3 is 35.9 Å². The number of piperidine rings is 1. The Morgan fingerprint density at radius 3 is 2.59 bits per heavy atom. The van der Waals surface area contributed by atoms with Gasteiger partial charge in [0.2, 0.25) is 0 Å². The third kappa shape index (κ3) is 11.0. The minimum absolute atomic E-state index is 0.0801. The molecule has 0 unspecified atom stereocenters. The maximum atomic E-state index is 12.5. The Kier molecular flexibility index (Phi) is 14.1. The minimum atomic E-state index is -0.657. The number of benzene rings is 2. The second kappa shape index (κ2) is 18.5. The van der Waals surface area contributed by atoms with Gasteiger partial charge in [-0.1, -0.05) is 68.4 Å². The first-order valence-electron chi connectivity index (χ1n) is 16.8. The van der Waals surface area contributed by atoms with Crippen LogP contribution in [0.4, 0.5) is 10.5 Å². The molecule has 1 fully saturated rings. The highest BCUT2D eigenvalue weighted by Crippen LogP contribution is 2.29. The molecular weight excluding hydrogens is 554 g/mol. The number of anilines is 1. The van der Waals surface area contributed by atoms with Crippen molar-refractivity contribution in [3.63, 3.8) is 0 Å². The number of nitrogens with zero attached hydrogens (tertiary/aromatic N) is 2. The number of unbranched alkanes of at least 4 members (excludes halogenated alkanes) is 5. The van der Waals surface area contributed by atoms with E-state index in [9.17, 15) is 15.0 Å². The van der Waals surface area contributed by atoms with Crippen molar-refractivity contribution >= 4 is 17.4 Å². The normalized spacial score (nSPS) is 16.9. The number of rotatable bonds is 17. The van der Waals surface area contributed by atoms with Crippen LogP contribution in [0.2, 0.25) is 0 Å². The van der Waals surface area contributed by atoms with Gasteiger partial charge in [0.05, 0.1) is 5.71 Å². The fraction of sp³-hybridized carbons (Fsp3) is 0.600. The van der Waals surface area contributed by atoms with E-state index in [4.69, 9.17) is 4.84 Å². The van der Waals surface area contributed by atoms with E-state index in [0.29, 0.717) is 18.3 Å². The summed E-state index contributed by atoms with van der Waals surface area (Å²) in [6.07, 6.45) is 12.1. The number of aliphatic hydroxyl groups excluding tert-OH is 1. The monoisotopic (exact) mass is 607 g/mol. The fourth-order valence-corrected chi connectivity index (χ4v) is 5.97. The molecule has 9 heteroatoms.